The Hall–Kier alpha value is -1.31. The molecule has 1 aliphatic rings. The number of hydrogen-bond acceptors (Lipinski definition) is 3. The van der Waals surface area contributed by atoms with Gasteiger partial charge in [0.25, 0.3) is 0 Å². The maximum Gasteiger partial charge on any atom is 0.419 e. The molecular weight excluding hydrogens is 337 g/mol. The smallest absolute Gasteiger partial charge is 0.388 e. The number of anilines is 1. The van der Waals surface area contributed by atoms with Crippen molar-refractivity contribution in [2.75, 3.05) is 11.4 Å². The number of alkyl halides is 3. The van der Waals surface area contributed by atoms with Crippen LogP contribution in [0.5, 0.6) is 0 Å². The van der Waals surface area contributed by atoms with E-state index in [1.165, 1.54) is 6.20 Å². The number of halogens is 4. The van der Waals surface area contributed by atoms with Crippen molar-refractivity contribution in [1.29, 1.82) is 5.41 Å². The minimum absolute atomic E-state index is 0.0404. The van der Waals surface area contributed by atoms with Gasteiger partial charge in [-0.05, 0) is 34.8 Å². The molecule has 1 fully saturated rings. The van der Waals surface area contributed by atoms with Gasteiger partial charge < -0.3 is 10.6 Å². The van der Waals surface area contributed by atoms with E-state index in [9.17, 15) is 13.2 Å². The van der Waals surface area contributed by atoms with Gasteiger partial charge in [-0.1, -0.05) is 0 Å². The van der Waals surface area contributed by atoms with Crippen LogP contribution >= 0.6 is 15.9 Å². The number of nitrogens with two attached hydrogens (primary N) is 1. The number of pyridine rings is 1. The highest BCUT2D eigenvalue weighted by Crippen LogP contribution is 2.40. The molecule has 0 bridgehead atoms. The van der Waals surface area contributed by atoms with Crippen molar-refractivity contribution >= 4 is 27.6 Å². The molecule has 0 amide bonds. The van der Waals surface area contributed by atoms with Gasteiger partial charge in [0.1, 0.15) is 5.82 Å². The van der Waals surface area contributed by atoms with E-state index < -0.39 is 11.7 Å². The predicted octanol–water partition coefficient (Wildman–Crippen LogP) is 3.16. The quantitative estimate of drug-likeness (QED) is 0.633. The van der Waals surface area contributed by atoms with Crippen LogP contribution in [0.2, 0.25) is 0 Å². The van der Waals surface area contributed by atoms with Crippen LogP contribution in [0.1, 0.15) is 24.8 Å². The van der Waals surface area contributed by atoms with Crippen LogP contribution in [0.4, 0.5) is 19.0 Å². The Morgan fingerprint density at radius 2 is 2.15 bits per heavy atom. The van der Waals surface area contributed by atoms with E-state index in [-0.39, 0.29) is 35.1 Å². The molecule has 1 aliphatic carbocycles. The first kappa shape index (κ1) is 15.1. The fourth-order valence-electron chi connectivity index (χ4n) is 1.96. The van der Waals surface area contributed by atoms with Crippen LogP contribution in [0.15, 0.2) is 16.7 Å². The van der Waals surface area contributed by atoms with Crippen molar-refractivity contribution in [2.24, 2.45) is 5.73 Å². The summed E-state index contributed by atoms with van der Waals surface area (Å²) in [4.78, 5) is 5.54. The van der Waals surface area contributed by atoms with Crippen LogP contribution in [0.25, 0.3) is 0 Å². The van der Waals surface area contributed by atoms with Crippen molar-refractivity contribution in [3.05, 3.63) is 22.3 Å². The third kappa shape index (κ3) is 3.62. The van der Waals surface area contributed by atoms with Crippen LogP contribution in [0, 0.1) is 5.41 Å². The number of aromatic nitrogens is 1. The van der Waals surface area contributed by atoms with Gasteiger partial charge >= 0.3 is 6.18 Å². The minimum Gasteiger partial charge on any atom is -0.388 e. The fraction of sp³-hybridized carbons (Fsp3) is 0.500. The summed E-state index contributed by atoms with van der Waals surface area (Å²) in [7, 11) is 0. The van der Waals surface area contributed by atoms with Crippen LogP contribution in [-0.2, 0) is 6.18 Å². The lowest BCUT2D eigenvalue weighted by Gasteiger charge is -2.26. The van der Waals surface area contributed by atoms with Crippen molar-refractivity contribution in [3.63, 3.8) is 0 Å². The van der Waals surface area contributed by atoms with Gasteiger partial charge in [0.05, 0.1) is 11.4 Å². The van der Waals surface area contributed by atoms with E-state index in [2.05, 4.69) is 20.9 Å². The lowest BCUT2D eigenvalue weighted by molar-refractivity contribution is -0.137. The van der Waals surface area contributed by atoms with E-state index in [4.69, 9.17) is 11.1 Å². The highest BCUT2D eigenvalue weighted by molar-refractivity contribution is 9.10. The molecule has 0 saturated heterocycles. The molecular formula is C12H14BrF3N4. The van der Waals surface area contributed by atoms with Crippen molar-refractivity contribution < 1.29 is 13.2 Å². The molecule has 8 heteroatoms. The maximum absolute atomic E-state index is 13.1. The number of rotatable bonds is 5. The summed E-state index contributed by atoms with van der Waals surface area (Å²) in [6, 6.07) is 1.09. The van der Waals surface area contributed by atoms with Gasteiger partial charge in [0.2, 0.25) is 0 Å². The second-order valence-electron chi connectivity index (χ2n) is 4.72. The average Bonchev–Trinajstić information content (AvgIpc) is 3.13. The molecule has 2 rings (SSSR count). The van der Waals surface area contributed by atoms with Crippen LogP contribution in [0.3, 0.4) is 0 Å². The summed E-state index contributed by atoms with van der Waals surface area (Å²) in [5.74, 6) is -0.120. The van der Waals surface area contributed by atoms with Gasteiger partial charge in [0.15, 0.2) is 0 Å². The van der Waals surface area contributed by atoms with Gasteiger partial charge in [-0.2, -0.15) is 13.2 Å². The molecule has 1 heterocycles. The van der Waals surface area contributed by atoms with Gasteiger partial charge in [-0.25, -0.2) is 4.98 Å². The number of nitrogens with one attached hydrogen (secondary N) is 1. The largest absolute Gasteiger partial charge is 0.419 e. The molecule has 0 aliphatic heterocycles. The second kappa shape index (κ2) is 5.59. The number of amidine groups is 1. The topological polar surface area (TPSA) is 66.0 Å². The van der Waals surface area contributed by atoms with E-state index >= 15 is 0 Å². The summed E-state index contributed by atoms with van der Waals surface area (Å²) in [6.45, 7) is 0.276. The predicted molar refractivity (Wildman–Crippen MR) is 73.8 cm³/mol. The van der Waals surface area contributed by atoms with E-state index in [0.717, 1.165) is 18.9 Å². The van der Waals surface area contributed by atoms with E-state index in [0.29, 0.717) is 0 Å². The Balaban J connectivity index is 2.35. The maximum atomic E-state index is 13.1. The Labute approximate surface area is 122 Å². The Kier molecular flexibility index (Phi) is 4.22. The van der Waals surface area contributed by atoms with Crippen molar-refractivity contribution in [3.8, 4) is 0 Å². The first-order chi connectivity index (χ1) is 9.29. The standard InChI is InChI=1S/C12H14BrF3N4/c13-7-5-9(12(14,15)16)11(19-6-7)20(8-1-2-8)4-3-10(17)18/h5-6,8H,1-4H2,(H3,17,18). The SMILES string of the molecule is N=C(N)CCN(c1ncc(Br)cc1C(F)(F)F)C1CC1. The zero-order valence-corrected chi connectivity index (χ0v) is 12.1. The molecule has 110 valence electrons. The molecule has 0 unspecified atom stereocenters. The molecule has 1 aromatic heterocycles. The monoisotopic (exact) mass is 350 g/mol. The Morgan fingerprint density at radius 1 is 1.50 bits per heavy atom. The molecule has 1 saturated carbocycles. The molecule has 0 radical (unpaired) electrons. The Morgan fingerprint density at radius 3 is 2.65 bits per heavy atom. The molecule has 0 atom stereocenters. The van der Waals surface area contributed by atoms with Crippen LogP contribution < -0.4 is 10.6 Å². The fourth-order valence-corrected chi connectivity index (χ4v) is 2.29. The van der Waals surface area contributed by atoms with E-state index in [1.54, 1.807) is 4.90 Å². The number of hydrogen-bond donors (Lipinski definition) is 2. The summed E-state index contributed by atoms with van der Waals surface area (Å²) >= 11 is 3.02. The molecule has 1 aromatic rings. The number of nitrogens with zero attached hydrogens (tertiary/aromatic N) is 2. The summed E-state index contributed by atoms with van der Waals surface area (Å²) in [5.41, 5.74) is 4.53. The second-order valence-corrected chi connectivity index (χ2v) is 5.64. The first-order valence-electron chi connectivity index (χ1n) is 6.11. The molecule has 0 spiro atoms. The summed E-state index contributed by atoms with van der Waals surface area (Å²) < 4.78 is 39.6. The third-order valence-electron chi connectivity index (χ3n) is 3.02. The molecule has 20 heavy (non-hydrogen) atoms. The molecule has 0 aromatic carbocycles. The third-order valence-corrected chi connectivity index (χ3v) is 3.45. The van der Waals surface area contributed by atoms with Gasteiger partial charge in [-0.15, -0.1) is 0 Å². The van der Waals surface area contributed by atoms with E-state index in [1.807, 2.05) is 0 Å². The lowest BCUT2D eigenvalue weighted by atomic mass is 10.2. The lowest BCUT2D eigenvalue weighted by Crippen LogP contribution is -2.32. The van der Waals surface area contributed by atoms with Gasteiger partial charge in [-0.3, -0.25) is 5.41 Å². The Bertz CT molecular complexity index is 514. The van der Waals surface area contributed by atoms with Gasteiger partial charge in [0, 0.05) is 29.7 Å². The zero-order valence-electron chi connectivity index (χ0n) is 10.5. The van der Waals surface area contributed by atoms with Crippen LogP contribution in [-0.4, -0.2) is 23.4 Å². The van der Waals surface area contributed by atoms with Crippen molar-refractivity contribution in [1.82, 2.24) is 4.98 Å². The average molecular weight is 351 g/mol. The highest BCUT2D eigenvalue weighted by atomic mass is 79.9. The normalized spacial score (nSPS) is 15.2. The first-order valence-corrected chi connectivity index (χ1v) is 6.90. The molecule has 3 N–H and O–H groups in total. The van der Waals surface area contributed by atoms with Crippen molar-refractivity contribution in [2.45, 2.75) is 31.5 Å². The summed E-state index contributed by atoms with van der Waals surface area (Å²) in [6.07, 6.45) is -1.20. The minimum atomic E-state index is -4.46. The summed E-state index contributed by atoms with van der Waals surface area (Å²) in [5, 5.41) is 7.22. The highest BCUT2D eigenvalue weighted by Gasteiger charge is 2.39. The zero-order chi connectivity index (χ0) is 14.9. The molecule has 4 nitrogen and oxygen atoms in total.